The molecule has 0 aromatic rings. The van der Waals surface area contributed by atoms with E-state index in [9.17, 15) is 9.90 Å². The summed E-state index contributed by atoms with van der Waals surface area (Å²) in [6.07, 6.45) is 4.02. The van der Waals surface area contributed by atoms with E-state index in [0.29, 0.717) is 5.57 Å². The van der Waals surface area contributed by atoms with Gasteiger partial charge in [-0.05, 0) is 13.3 Å². The van der Waals surface area contributed by atoms with Gasteiger partial charge < -0.3 is 9.84 Å². The Kier molecular flexibility index (Phi) is 2.19. The Labute approximate surface area is 83.1 Å². The first kappa shape index (κ1) is 9.46. The van der Waals surface area contributed by atoms with Gasteiger partial charge in [0, 0.05) is 17.4 Å². The zero-order chi connectivity index (χ0) is 10.3. The molecule has 0 amide bonds. The summed E-state index contributed by atoms with van der Waals surface area (Å²) in [4.78, 5) is 11.3. The molecule has 0 saturated heterocycles. The first-order valence-corrected chi connectivity index (χ1v) is 4.82. The predicted octanol–water partition coefficient (Wildman–Crippen LogP) is 1.04. The van der Waals surface area contributed by atoms with Crippen LogP contribution in [0.2, 0.25) is 0 Å². The van der Waals surface area contributed by atoms with Crippen LogP contribution in [0.15, 0.2) is 24.3 Å². The summed E-state index contributed by atoms with van der Waals surface area (Å²) in [5.74, 6) is -0.0452. The predicted molar refractivity (Wildman–Crippen MR) is 51.4 cm³/mol. The molecule has 4 unspecified atom stereocenters. The van der Waals surface area contributed by atoms with Crippen LogP contribution in [-0.4, -0.2) is 23.3 Å². The van der Waals surface area contributed by atoms with Gasteiger partial charge in [0.1, 0.15) is 6.10 Å². The molecule has 1 N–H and O–H groups in total. The van der Waals surface area contributed by atoms with Crippen molar-refractivity contribution in [2.24, 2.45) is 11.8 Å². The van der Waals surface area contributed by atoms with E-state index in [2.05, 4.69) is 6.58 Å². The van der Waals surface area contributed by atoms with E-state index in [-0.39, 0.29) is 17.9 Å². The smallest absolute Gasteiger partial charge is 0.333 e. The molecule has 3 nitrogen and oxygen atoms in total. The molecule has 0 radical (unpaired) electrons. The summed E-state index contributed by atoms with van der Waals surface area (Å²) in [5, 5.41) is 9.75. The lowest BCUT2D eigenvalue weighted by Crippen LogP contribution is -2.34. The molecule has 0 aromatic heterocycles. The number of aliphatic hydroxyl groups excluding tert-OH is 1. The standard InChI is InChI=1S/C11H14O3/c1-6(2)11(13)14-10-8-4-3-7(5-8)9(10)12/h3-4,7-10,12H,1,5H2,2H3. The zero-order valence-corrected chi connectivity index (χ0v) is 8.14. The van der Waals surface area contributed by atoms with Crippen LogP contribution in [0.1, 0.15) is 13.3 Å². The summed E-state index contributed by atoms with van der Waals surface area (Å²) >= 11 is 0. The maximum atomic E-state index is 11.3. The van der Waals surface area contributed by atoms with Crippen molar-refractivity contribution in [1.82, 2.24) is 0 Å². The first-order valence-electron chi connectivity index (χ1n) is 4.82. The number of esters is 1. The summed E-state index contributed by atoms with van der Waals surface area (Å²) in [5.41, 5.74) is 0.379. The molecule has 2 aliphatic carbocycles. The lowest BCUT2D eigenvalue weighted by Gasteiger charge is -2.23. The van der Waals surface area contributed by atoms with Crippen LogP contribution in [0, 0.1) is 11.8 Å². The quantitative estimate of drug-likeness (QED) is 0.406. The van der Waals surface area contributed by atoms with Crippen LogP contribution >= 0.6 is 0 Å². The Morgan fingerprint density at radius 2 is 2.14 bits per heavy atom. The number of rotatable bonds is 2. The number of hydrogen-bond donors (Lipinski definition) is 1. The molecule has 14 heavy (non-hydrogen) atoms. The van der Waals surface area contributed by atoms with Gasteiger partial charge in [-0.1, -0.05) is 18.7 Å². The van der Waals surface area contributed by atoms with Gasteiger partial charge in [-0.25, -0.2) is 4.79 Å². The Morgan fingerprint density at radius 3 is 2.64 bits per heavy atom. The fourth-order valence-corrected chi connectivity index (χ4v) is 2.13. The molecule has 0 aliphatic heterocycles. The summed E-state index contributed by atoms with van der Waals surface area (Å²) in [6.45, 7) is 5.12. The van der Waals surface area contributed by atoms with Crippen molar-refractivity contribution in [1.29, 1.82) is 0 Å². The molecule has 0 heterocycles. The third kappa shape index (κ3) is 1.38. The average Bonchev–Trinajstić information content (AvgIpc) is 2.69. The van der Waals surface area contributed by atoms with E-state index in [1.54, 1.807) is 6.92 Å². The molecule has 2 aliphatic rings. The fourth-order valence-electron chi connectivity index (χ4n) is 2.13. The largest absolute Gasteiger partial charge is 0.456 e. The van der Waals surface area contributed by atoms with Crippen molar-refractivity contribution < 1.29 is 14.6 Å². The molecular weight excluding hydrogens is 180 g/mol. The van der Waals surface area contributed by atoms with Crippen molar-refractivity contribution in [2.75, 3.05) is 0 Å². The van der Waals surface area contributed by atoms with Crippen LogP contribution in [0.25, 0.3) is 0 Å². The van der Waals surface area contributed by atoms with Crippen LogP contribution in [-0.2, 0) is 9.53 Å². The van der Waals surface area contributed by atoms with Crippen LogP contribution in [0.4, 0.5) is 0 Å². The number of ether oxygens (including phenoxy) is 1. The van der Waals surface area contributed by atoms with Crippen molar-refractivity contribution in [2.45, 2.75) is 25.6 Å². The Balaban J connectivity index is 2.03. The lowest BCUT2D eigenvalue weighted by atomic mass is 10.0. The third-order valence-electron chi connectivity index (χ3n) is 2.94. The lowest BCUT2D eigenvalue weighted by molar-refractivity contribution is -0.150. The van der Waals surface area contributed by atoms with E-state index >= 15 is 0 Å². The first-order chi connectivity index (χ1) is 6.59. The highest BCUT2D eigenvalue weighted by molar-refractivity contribution is 5.87. The number of carbonyl (C=O) groups is 1. The van der Waals surface area contributed by atoms with E-state index in [1.165, 1.54) is 0 Å². The van der Waals surface area contributed by atoms with Gasteiger partial charge in [0.25, 0.3) is 0 Å². The molecule has 0 aromatic carbocycles. The maximum absolute atomic E-state index is 11.3. The van der Waals surface area contributed by atoms with E-state index < -0.39 is 12.1 Å². The zero-order valence-electron chi connectivity index (χ0n) is 8.14. The van der Waals surface area contributed by atoms with Gasteiger partial charge in [0.15, 0.2) is 0 Å². The molecule has 4 atom stereocenters. The summed E-state index contributed by atoms with van der Waals surface area (Å²) in [7, 11) is 0. The fraction of sp³-hybridized carbons (Fsp3) is 0.545. The van der Waals surface area contributed by atoms with E-state index in [0.717, 1.165) is 6.42 Å². The second kappa shape index (κ2) is 3.24. The third-order valence-corrected chi connectivity index (χ3v) is 2.94. The minimum atomic E-state index is -0.534. The van der Waals surface area contributed by atoms with Gasteiger partial charge in [0.05, 0.1) is 6.10 Å². The van der Waals surface area contributed by atoms with Crippen LogP contribution < -0.4 is 0 Å². The molecule has 0 spiro atoms. The highest BCUT2D eigenvalue weighted by atomic mass is 16.6. The minimum Gasteiger partial charge on any atom is -0.456 e. The Hall–Kier alpha value is -1.09. The average molecular weight is 194 g/mol. The van der Waals surface area contributed by atoms with E-state index in [4.69, 9.17) is 4.74 Å². The molecule has 76 valence electrons. The molecule has 1 saturated carbocycles. The van der Waals surface area contributed by atoms with Crippen LogP contribution in [0.5, 0.6) is 0 Å². The van der Waals surface area contributed by atoms with Crippen molar-refractivity contribution >= 4 is 5.97 Å². The number of aliphatic hydroxyl groups is 1. The highest BCUT2D eigenvalue weighted by Gasteiger charge is 2.45. The topological polar surface area (TPSA) is 46.5 Å². The number of fused-ring (bicyclic) bond motifs is 2. The number of hydrogen-bond acceptors (Lipinski definition) is 3. The molecule has 2 bridgehead atoms. The highest BCUT2D eigenvalue weighted by Crippen LogP contribution is 2.41. The monoisotopic (exact) mass is 194 g/mol. The van der Waals surface area contributed by atoms with Crippen molar-refractivity contribution in [3.8, 4) is 0 Å². The van der Waals surface area contributed by atoms with Gasteiger partial charge in [-0.3, -0.25) is 0 Å². The van der Waals surface area contributed by atoms with Crippen molar-refractivity contribution in [3.05, 3.63) is 24.3 Å². The second-order valence-electron chi connectivity index (χ2n) is 4.09. The number of carbonyl (C=O) groups excluding carboxylic acids is 1. The van der Waals surface area contributed by atoms with Gasteiger partial charge in [-0.2, -0.15) is 0 Å². The van der Waals surface area contributed by atoms with E-state index in [1.807, 2.05) is 12.2 Å². The molecule has 2 rings (SSSR count). The van der Waals surface area contributed by atoms with Gasteiger partial charge >= 0.3 is 5.97 Å². The second-order valence-corrected chi connectivity index (χ2v) is 4.09. The maximum Gasteiger partial charge on any atom is 0.333 e. The molecule has 1 fully saturated rings. The molecular formula is C11H14O3. The molecule has 3 heteroatoms. The summed E-state index contributed by atoms with van der Waals surface area (Å²) in [6, 6.07) is 0. The Bertz CT molecular complexity index is 306. The van der Waals surface area contributed by atoms with Gasteiger partial charge in [0.2, 0.25) is 0 Å². The normalized spacial score (nSPS) is 38.7. The minimum absolute atomic E-state index is 0.169. The van der Waals surface area contributed by atoms with Gasteiger partial charge in [-0.15, -0.1) is 0 Å². The summed E-state index contributed by atoms with van der Waals surface area (Å²) < 4.78 is 5.18. The van der Waals surface area contributed by atoms with Crippen molar-refractivity contribution in [3.63, 3.8) is 0 Å². The Morgan fingerprint density at radius 1 is 1.50 bits per heavy atom. The van der Waals surface area contributed by atoms with Crippen LogP contribution in [0.3, 0.4) is 0 Å². The SMILES string of the molecule is C=C(C)C(=O)OC1C2C=CC(C2)C1O.